The molecule has 0 radical (unpaired) electrons. The molecule has 212 valence electrons. The fraction of sp³-hybridized carbons (Fsp3) is 0.333. The number of hydrogen-bond acceptors (Lipinski definition) is 7. The van der Waals surface area contributed by atoms with Gasteiger partial charge in [-0.1, -0.05) is 24.3 Å². The standard InChI is InChI=1S/C30H29F3N6O2/c1-17-9-10-19-20(6-2-8-24(19)38-27(40)22-15-23(22)30(31,32)33)26(17)41-28-21(7-4-13-35-28)25-11-14-36-29(39-25)37-18-5-3-12-34-16-18/h2,4,6-11,13-14,18,22-23,34H,3,5,12,15-16H2,1H3,(H,38,40)(H,36,37,39)/t18-,22?,23?/m0/s1. The Balaban J connectivity index is 1.28. The summed E-state index contributed by atoms with van der Waals surface area (Å²) in [7, 11) is 0. The van der Waals surface area contributed by atoms with Crippen molar-refractivity contribution >= 4 is 28.3 Å². The van der Waals surface area contributed by atoms with Crippen molar-refractivity contribution in [3.05, 3.63) is 66.5 Å². The predicted molar refractivity (Wildman–Crippen MR) is 150 cm³/mol. The van der Waals surface area contributed by atoms with Gasteiger partial charge >= 0.3 is 6.18 Å². The van der Waals surface area contributed by atoms with E-state index in [-0.39, 0.29) is 12.5 Å². The van der Waals surface area contributed by atoms with Gasteiger partial charge in [0.05, 0.1) is 23.1 Å². The quantitative estimate of drug-likeness (QED) is 0.251. The second kappa shape index (κ2) is 11.0. The summed E-state index contributed by atoms with van der Waals surface area (Å²) in [6.07, 6.45) is 0.891. The summed E-state index contributed by atoms with van der Waals surface area (Å²) in [5.74, 6) is -1.89. The number of hydrogen-bond donors (Lipinski definition) is 3. The summed E-state index contributed by atoms with van der Waals surface area (Å²) < 4.78 is 45.5. The zero-order chi connectivity index (χ0) is 28.6. The summed E-state index contributed by atoms with van der Waals surface area (Å²) in [5, 5.41) is 10.8. The minimum absolute atomic E-state index is 0.187. The molecule has 3 N–H and O–H groups in total. The van der Waals surface area contributed by atoms with E-state index in [0.717, 1.165) is 31.5 Å². The molecule has 3 heterocycles. The number of aromatic nitrogens is 3. The Morgan fingerprint density at radius 1 is 1.05 bits per heavy atom. The van der Waals surface area contributed by atoms with Crippen LogP contribution in [0.5, 0.6) is 11.6 Å². The number of rotatable bonds is 7. The number of amides is 1. The topological polar surface area (TPSA) is 101 Å². The fourth-order valence-electron chi connectivity index (χ4n) is 5.26. The molecule has 2 unspecified atom stereocenters. The van der Waals surface area contributed by atoms with Gasteiger partial charge in [-0.25, -0.2) is 15.0 Å². The maximum atomic E-state index is 13.0. The Bertz CT molecular complexity index is 1590. The molecule has 1 saturated carbocycles. The Morgan fingerprint density at radius 2 is 1.93 bits per heavy atom. The summed E-state index contributed by atoms with van der Waals surface area (Å²) >= 11 is 0. The number of alkyl halides is 3. The molecule has 3 atom stereocenters. The minimum Gasteiger partial charge on any atom is -0.437 e. The van der Waals surface area contributed by atoms with E-state index >= 15 is 0 Å². The normalized spacial score (nSPS) is 20.4. The first-order valence-corrected chi connectivity index (χ1v) is 13.6. The Labute approximate surface area is 234 Å². The van der Waals surface area contributed by atoms with Crippen molar-refractivity contribution in [2.75, 3.05) is 23.7 Å². The number of halogens is 3. The number of anilines is 2. The number of ether oxygens (including phenoxy) is 1. The molecule has 41 heavy (non-hydrogen) atoms. The van der Waals surface area contributed by atoms with Crippen LogP contribution in [0.1, 0.15) is 24.8 Å². The molecular weight excluding hydrogens is 533 g/mol. The highest BCUT2D eigenvalue weighted by Crippen LogP contribution is 2.50. The highest BCUT2D eigenvalue weighted by Gasteiger charge is 2.58. The SMILES string of the molecule is Cc1ccc2c(NC(=O)C3CC3C(F)(F)F)cccc2c1Oc1ncccc1-c1ccnc(N[C@H]2CCCNC2)n1. The first-order chi connectivity index (χ1) is 19.8. The molecule has 2 aromatic heterocycles. The molecule has 2 aromatic carbocycles. The van der Waals surface area contributed by atoms with E-state index in [4.69, 9.17) is 9.72 Å². The van der Waals surface area contributed by atoms with Gasteiger partial charge in [-0.15, -0.1) is 0 Å². The van der Waals surface area contributed by atoms with E-state index in [1.54, 1.807) is 36.7 Å². The number of nitrogens with one attached hydrogen (secondary N) is 3. The fourth-order valence-corrected chi connectivity index (χ4v) is 5.26. The van der Waals surface area contributed by atoms with Crippen molar-refractivity contribution in [3.63, 3.8) is 0 Å². The van der Waals surface area contributed by atoms with Crippen molar-refractivity contribution in [1.82, 2.24) is 20.3 Å². The number of fused-ring (bicyclic) bond motifs is 1. The molecule has 1 amide bonds. The first-order valence-electron chi connectivity index (χ1n) is 13.6. The molecule has 1 aliphatic carbocycles. The average molecular weight is 563 g/mol. The molecule has 2 fully saturated rings. The van der Waals surface area contributed by atoms with Crippen LogP contribution in [-0.4, -0.2) is 46.2 Å². The lowest BCUT2D eigenvalue weighted by atomic mass is 10.0. The summed E-state index contributed by atoms with van der Waals surface area (Å²) in [6, 6.07) is 14.6. The number of pyridine rings is 1. The van der Waals surface area contributed by atoms with Crippen molar-refractivity contribution in [2.45, 2.75) is 38.4 Å². The van der Waals surface area contributed by atoms with Crippen LogP contribution in [0, 0.1) is 18.8 Å². The van der Waals surface area contributed by atoms with Crippen LogP contribution in [0.4, 0.5) is 24.8 Å². The minimum atomic E-state index is -4.37. The monoisotopic (exact) mass is 562 g/mol. The van der Waals surface area contributed by atoms with Gasteiger partial charge in [0.2, 0.25) is 17.7 Å². The number of carbonyl (C=O) groups excluding carboxylic acids is 1. The third kappa shape index (κ3) is 5.81. The number of nitrogens with zero attached hydrogens (tertiary/aromatic N) is 3. The molecule has 8 nitrogen and oxygen atoms in total. The number of carbonyl (C=O) groups is 1. The lowest BCUT2D eigenvalue weighted by molar-refractivity contribution is -0.153. The second-order valence-corrected chi connectivity index (χ2v) is 10.5. The van der Waals surface area contributed by atoms with Crippen LogP contribution in [0.15, 0.2) is 60.9 Å². The average Bonchev–Trinajstić information content (AvgIpc) is 3.78. The lowest BCUT2D eigenvalue weighted by Gasteiger charge is -2.23. The molecular formula is C30H29F3N6O2. The van der Waals surface area contributed by atoms with Gasteiger partial charge in [-0.05, 0) is 62.6 Å². The van der Waals surface area contributed by atoms with Crippen LogP contribution in [0.25, 0.3) is 22.0 Å². The van der Waals surface area contributed by atoms with Crippen molar-refractivity contribution in [3.8, 4) is 22.9 Å². The summed E-state index contributed by atoms with van der Waals surface area (Å²) in [4.78, 5) is 26.2. The predicted octanol–water partition coefficient (Wildman–Crippen LogP) is 6.09. The van der Waals surface area contributed by atoms with Crippen LogP contribution < -0.4 is 20.7 Å². The van der Waals surface area contributed by atoms with Crippen molar-refractivity contribution < 1.29 is 22.7 Å². The molecule has 1 aliphatic heterocycles. The third-order valence-corrected chi connectivity index (χ3v) is 7.55. The Hall–Kier alpha value is -4.25. The molecule has 11 heteroatoms. The lowest BCUT2D eigenvalue weighted by Crippen LogP contribution is -2.38. The van der Waals surface area contributed by atoms with E-state index in [2.05, 4.69) is 25.9 Å². The Morgan fingerprint density at radius 3 is 2.71 bits per heavy atom. The van der Waals surface area contributed by atoms with Crippen LogP contribution in [0.2, 0.25) is 0 Å². The van der Waals surface area contributed by atoms with E-state index in [9.17, 15) is 18.0 Å². The highest BCUT2D eigenvalue weighted by atomic mass is 19.4. The molecule has 0 bridgehead atoms. The molecule has 0 spiro atoms. The Kier molecular flexibility index (Phi) is 7.21. The van der Waals surface area contributed by atoms with Gasteiger partial charge in [0, 0.05) is 41.4 Å². The first kappa shape index (κ1) is 26.9. The van der Waals surface area contributed by atoms with Gasteiger partial charge in [-0.3, -0.25) is 4.79 Å². The summed E-state index contributed by atoms with van der Waals surface area (Å²) in [6.45, 7) is 3.75. The molecule has 6 rings (SSSR count). The number of benzene rings is 2. The van der Waals surface area contributed by atoms with Gasteiger partial charge in [0.1, 0.15) is 5.75 Å². The van der Waals surface area contributed by atoms with Gasteiger partial charge in [0.15, 0.2) is 0 Å². The van der Waals surface area contributed by atoms with E-state index in [1.165, 1.54) is 0 Å². The van der Waals surface area contributed by atoms with Crippen molar-refractivity contribution in [1.29, 1.82) is 0 Å². The summed E-state index contributed by atoms with van der Waals surface area (Å²) in [5.41, 5.74) is 2.57. The van der Waals surface area contributed by atoms with E-state index in [0.29, 0.717) is 45.3 Å². The molecule has 1 saturated heterocycles. The number of aryl methyl sites for hydroxylation is 1. The van der Waals surface area contributed by atoms with E-state index < -0.39 is 23.9 Å². The van der Waals surface area contributed by atoms with Crippen LogP contribution >= 0.6 is 0 Å². The van der Waals surface area contributed by atoms with Crippen LogP contribution in [0.3, 0.4) is 0 Å². The van der Waals surface area contributed by atoms with Gasteiger partial charge in [-0.2, -0.15) is 13.2 Å². The highest BCUT2D eigenvalue weighted by molar-refractivity contribution is 6.05. The van der Waals surface area contributed by atoms with Crippen LogP contribution in [-0.2, 0) is 4.79 Å². The van der Waals surface area contributed by atoms with Crippen molar-refractivity contribution in [2.24, 2.45) is 11.8 Å². The molecule has 4 aromatic rings. The smallest absolute Gasteiger partial charge is 0.392 e. The second-order valence-electron chi connectivity index (χ2n) is 10.5. The maximum Gasteiger partial charge on any atom is 0.392 e. The zero-order valence-corrected chi connectivity index (χ0v) is 22.3. The van der Waals surface area contributed by atoms with Gasteiger partial charge < -0.3 is 20.7 Å². The third-order valence-electron chi connectivity index (χ3n) is 7.55. The zero-order valence-electron chi connectivity index (χ0n) is 22.3. The number of piperidine rings is 1. The van der Waals surface area contributed by atoms with E-state index in [1.807, 2.05) is 31.2 Å². The maximum absolute atomic E-state index is 13.0. The largest absolute Gasteiger partial charge is 0.437 e. The molecule has 2 aliphatic rings. The van der Waals surface area contributed by atoms with Gasteiger partial charge in [0.25, 0.3) is 0 Å².